The zero-order chi connectivity index (χ0) is 14.3. The van der Waals surface area contributed by atoms with Crippen LogP contribution in [0, 0.1) is 0 Å². The van der Waals surface area contributed by atoms with Gasteiger partial charge in [0.1, 0.15) is 0 Å². The van der Waals surface area contributed by atoms with Crippen molar-refractivity contribution in [3.8, 4) is 0 Å². The predicted molar refractivity (Wildman–Crippen MR) is 93.4 cm³/mol. The van der Waals surface area contributed by atoms with Gasteiger partial charge in [0.05, 0.1) is 23.3 Å². The second kappa shape index (κ2) is 11.6. The maximum atomic E-state index is 6.10. The van der Waals surface area contributed by atoms with E-state index in [1.807, 2.05) is 19.9 Å². The Labute approximate surface area is 167 Å². The Kier molecular flexibility index (Phi) is 12.8. The first-order valence-corrected chi connectivity index (χ1v) is 11.6. The van der Waals surface area contributed by atoms with E-state index in [-0.39, 0.29) is 31.0 Å². The van der Waals surface area contributed by atoms with Crippen LogP contribution in [-0.2, 0) is 20.9 Å². The second-order valence-corrected chi connectivity index (χ2v) is 11.8. The third kappa shape index (κ3) is 8.07. The van der Waals surface area contributed by atoms with Crippen LogP contribution in [0.5, 0.6) is 0 Å². The number of hydrogen-bond acceptors (Lipinski definition) is 5. The average Bonchev–Trinajstić information content (AvgIpc) is 2.34. The maximum Gasteiger partial charge on any atom is 1.00 e. The first-order valence-electron chi connectivity index (χ1n) is 5.62. The Morgan fingerprint density at radius 2 is 1.85 bits per heavy atom. The molecule has 0 saturated carbocycles. The van der Waals surface area contributed by atoms with Gasteiger partial charge in [0.15, 0.2) is 0 Å². The Balaban J connectivity index is 0. The van der Waals surface area contributed by atoms with Gasteiger partial charge in [-0.15, -0.1) is 11.8 Å². The summed E-state index contributed by atoms with van der Waals surface area (Å²) in [5.41, 5.74) is -2.23. The van der Waals surface area contributed by atoms with Gasteiger partial charge in [-0.05, 0) is 43.9 Å². The van der Waals surface area contributed by atoms with Crippen molar-refractivity contribution in [1.82, 2.24) is 0 Å². The third-order valence-electron chi connectivity index (χ3n) is 1.89. The molecule has 0 atom stereocenters. The zero-order valence-corrected chi connectivity index (χ0v) is 18.5. The van der Waals surface area contributed by atoms with E-state index in [1.165, 1.54) is 11.4 Å². The molecule has 0 aromatic heterocycles. The van der Waals surface area contributed by atoms with Crippen molar-refractivity contribution in [2.45, 2.75) is 18.7 Å². The van der Waals surface area contributed by atoms with Gasteiger partial charge in [0, 0.05) is 9.92 Å². The Morgan fingerprint density at radius 1 is 1.25 bits per heavy atom. The molecule has 0 unspecified atom stereocenters. The van der Waals surface area contributed by atoms with Crippen LogP contribution < -0.4 is 29.6 Å². The van der Waals surface area contributed by atoms with Crippen molar-refractivity contribution in [2.24, 2.45) is 0 Å². The van der Waals surface area contributed by atoms with Crippen LogP contribution in [-0.4, -0.2) is 18.3 Å². The summed E-state index contributed by atoms with van der Waals surface area (Å²) in [5.74, 6) is 0. The fourth-order valence-electron chi connectivity index (χ4n) is 1.17. The van der Waals surface area contributed by atoms with Crippen molar-refractivity contribution in [1.29, 1.82) is 0 Å². The van der Waals surface area contributed by atoms with Gasteiger partial charge in [0.2, 0.25) is 5.69 Å². The molecule has 1 aromatic carbocycles. The standard InChI is InChI=1S/C11H15Cl2O2PS3.Na.H/c1-3-14-16(17,15-4-2)19-8-18-11-7-9(12)5-6-10(11)13;;/h5-7H,3-4,8H2,1-2H3;;/q;+1;-1. The van der Waals surface area contributed by atoms with Crippen molar-refractivity contribution in [3.05, 3.63) is 28.2 Å². The molecule has 2 nitrogen and oxygen atoms in total. The number of hydrogen-bond donors (Lipinski definition) is 0. The molecule has 0 amide bonds. The number of benzene rings is 1. The Bertz CT molecular complexity index is 461. The van der Waals surface area contributed by atoms with Gasteiger partial charge in [0.25, 0.3) is 0 Å². The van der Waals surface area contributed by atoms with Gasteiger partial charge in [-0.3, -0.25) is 0 Å². The second-order valence-electron chi connectivity index (χ2n) is 3.25. The molecule has 110 valence electrons. The molecule has 0 saturated heterocycles. The molecule has 0 N–H and O–H groups in total. The largest absolute Gasteiger partial charge is 1.00 e. The summed E-state index contributed by atoms with van der Waals surface area (Å²) in [7, 11) is 0. The van der Waals surface area contributed by atoms with Crippen LogP contribution in [0.4, 0.5) is 0 Å². The molecule has 0 spiro atoms. The van der Waals surface area contributed by atoms with E-state index in [1.54, 1.807) is 23.9 Å². The summed E-state index contributed by atoms with van der Waals surface area (Å²) < 4.78 is 11.1. The Morgan fingerprint density at radius 3 is 2.40 bits per heavy atom. The van der Waals surface area contributed by atoms with Gasteiger partial charge in [-0.25, -0.2) is 0 Å². The smallest absolute Gasteiger partial charge is 1.00 e. The molecule has 0 aliphatic carbocycles. The van der Waals surface area contributed by atoms with E-state index in [9.17, 15) is 0 Å². The first kappa shape index (κ1) is 22.1. The van der Waals surface area contributed by atoms with Gasteiger partial charge in [-0.1, -0.05) is 34.6 Å². The average molecular weight is 401 g/mol. The zero-order valence-electron chi connectivity index (χ0n) is 12.6. The monoisotopic (exact) mass is 400 g/mol. The minimum atomic E-state index is -2.23. The fraction of sp³-hybridized carbons (Fsp3) is 0.455. The summed E-state index contributed by atoms with van der Waals surface area (Å²) in [4.78, 5) is 0.941. The molecule has 20 heavy (non-hydrogen) atoms. The summed E-state index contributed by atoms with van der Waals surface area (Å²) >= 11 is 20.6. The van der Waals surface area contributed by atoms with E-state index in [2.05, 4.69) is 0 Å². The molecule has 0 heterocycles. The van der Waals surface area contributed by atoms with Gasteiger partial charge in [-0.2, -0.15) is 0 Å². The summed E-state index contributed by atoms with van der Waals surface area (Å²) in [6, 6.07) is 5.41. The molecule has 0 aliphatic rings. The maximum absolute atomic E-state index is 6.10. The molecule has 1 aromatic rings. The van der Waals surface area contributed by atoms with Crippen LogP contribution in [0.3, 0.4) is 0 Å². The molecule has 1 rings (SSSR count). The van der Waals surface area contributed by atoms with Crippen molar-refractivity contribution in [2.75, 3.05) is 18.3 Å². The summed E-state index contributed by atoms with van der Waals surface area (Å²) in [5, 5.41) is 2.08. The van der Waals surface area contributed by atoms with Crippen LogP contribution >= 0.6 is 52.0 Å². The van der Waals surface area contributed by atoms with E-state index in [0.29, 0.717) is 23.3 Å². The normalized spacial score (nSPS) is 11.2. The molecule has 0 radical (unpaired) electrons. The van der Waals surface area contributed by atoms with E-state index in [4.69, 9.17) is 44.1 Å². The Hall–Kier alpha value is 2.07. The van der Waals surface area contributed by atoms with Crippen molar-refractivity contribution >= 4 is 63.8 Å². The van der Waals surface area contributed by atoms with Gasteiger partial charge >= 0.3 is 29.6 Å². The van der Waals surface area contributed by atoms with Crippen LogP contribution in [0.2, 0.25) is 10.0 Å². The molecule has 0 fully saturated rings. The molecule has 9 heteroatoms. The number of halogens is 2. The third-order valence-corrected chi connectivity index (χ3v) is 9.69. The van der Waals surface area contributed by atoms with Crippen molar-refractivity contribution < 1.29 is 40.0 Å². The summed E-state index contributed by atoms with van der Waals surface area (Å²) in [6.45, 7) is 4.96. The number of thioether (sulfide) groups is 1. The minimum absolute atomic E-state index is 0. The van der Waals surface area contributed by atoms with E-state index < -0.39 is 5.69 Å². The van der Waals surface area contributed by atoms with E-state index in [0.717, 1.165) is 9.98 Å². The molecule has 0 aliphatic heterocycles. The quantitative estimate of drug-likeness (QED) is 0.288. The van der Waals surface area contributed by atoms with E-state index >= 15 is 0 Å². The van der Waals surface area contributed by atoms with Crippen LogP contribution in [0.25, 0.3) is 0 Å². The van der Waals surface area contributed by atoms with Crippen molar-refractivity contribution in [3.63, 3.8) is 0 Å². The molecule has 0 bridgehead atoms. The molecular formula is C11H16Cl2NaO2PS3. The fourth-order valence-corrected chi connectivity index (χ4v) is 8.71. The van der Waals surface area contributed by atoms with Crippen LogP contribution in [0.15, 0.2) is 23.1 Å². The summed E-state index contributed by atoms with van der Waals surface area (Å²) in [6.07, 6.45) is 0. The number of rotatable bonds is 8. The SMILES string of the molecule is CCOP(=S)(OCC)SCSc1cc(Cl)ccc1Cl.[H-].[Na+]. The van der Waals surface area contributed by atoms with Crippen LogP contribution in [0.1, 0.15) is 15.3 Å². The topological polar surface area (TPSA) is 18.5 Å². The minimum Gasteiger partial charge on any atom is -1.00 e. The molecular weight excluding hydrogens is 385 g/mol. The first-order chi connectivity index (χ1) is 9.00. The van der Waals surface area contributed by atoms with Gasteiger partial charge < -0.3 is 10.5 Å². The predicted octanol–water partition coefficient (Wildman–Crippen LogP) is 3.19.